The van der Waals surface area contributed by atoms with Crippen LogP contribution < -0.4 is 10.6 Å². The van der Waals surface area contributed by atoms with Gasteiger partial charge >= 0.3 is 0 Å². The van der Waals surface area contributed by atoms with Crippen LogP contribution in [-0.4, -0.2) is 23.2 Å². The Kier molecular flexibility index (Phi) is 3.97. The summed E-state index contributed by atoms with van der Waals surface area (Å²) in [5.41, 5.74) is 1.81. The van der Waals surface area contributed by atoms with Crippen LogP contribution in [0.3, 0.4) is 0 Å². The normalized spacial score (nSPS) is 10.1. The zero-order valence-electron chi connectivity index (χ0n) is 10.6. The standard InChI is InChI=1S/C13H13ClN4O/c1-8-3-4-10(9(14)7-8)16-13(19)11-5-6-12(15-2)18-17-11/h3-7H,1-2H3,(H,15,18)(H,16,19). The van der Waals surface area contributed by atoms with Gasteiger partial charge in [-0.15, -0.1) is 10.2 Å². The van der Waals surface area contributed by atoms with Crippen LogP contribution in [-0.2, 0) is 0 Å². The molecule has 0 unspecified atom stereocenters. The van der Waals surface area contributed by atoms with Crippen LogP contribution in [0.4, 0.5) is 11.5 Å². The lowest BCUT2D eigenvalue weighted by molar-refractivity contribution is 0.102. The molecule has 5 nitrogen and oxygen atoms in total. The van der Waals surface area contributed by atoms with Crippen molar-refractivity contribution in [2.24, 2.45) is 0 Å². The predicted octanol–water partition coefficient (Wildman–Crippen LogP) is 2.73. The Balaban J connectivity index is 2.15. The largest absolute Gasteiger partial charge is 0.372 e. The molecule has 19 heavy (non-hydrogen) atoms. The molecular weight excluding hydrogens is 264 g/mol. The molecule has 1 aromatic heterocycles. The zero-order valence-corrected chi connectivity index (χ0v) is 11.3. The monoisotopic (exact) mass is 276 g/mol. The molecule has 0 spiro atoms. The number of hydrogen-bond donors (Lipinski definition) is 2. The van der Waals surface area contributed by atoms with E-state index in [0.29, 0.717) is 16.5 Å². The Labute approximate surface area is 116 Å². The number of amides is 1. The number of anilines is 2. The summed E-state index contributed by atoms with van der Waals surface area (Å²) in [6, 6.07) is 8.68. The number of nitrogens with one attached hydrogen (secondary N) is 2. The van der Waals surface area contributed by atoms with E-state index >= 15 is 0 Å². The Morgan fingerprint density at radius 2 is 2.00 bits per heavy atom. The zero-order chi connectivity index (χ0) is 13.8. The first-order valence-corrected chi connectivity index (χ1v) is 6.07. The summed E-state index contributed by atoms with van der Waals surface area (Å²) in [6.07, 6.45) is 0. The molecule has 0 saturated heterocycles. The minimum Gasteiger partial charge on any atom is -0.372 e. The second-order valence-electron chi connectivity index (χ2n) is 3.99. The van der Waals surface area contributed by atoms with E-state index in [1.54, 1.807) is 31.3 Å². The molecule has 0 atom stereocenters. The molecule has 0 fully saturated rings. The quantitative estimate of drug-likeness (QED) is 0.905. The van der Waals surface area contributed by atoms with Crippen molar-refractivity contribution in [1.82, 2.24) is 10.2 Å². The lowest BCUT2D eigenvalue weighted by Gasteiger charge is -2.07. The van der Waals surface area contributed by atoms with Gasteiger partial charge in [0.25, 0.3) is 5.91 Å². The van der Waals surface area contributed by atoms with Crippen LogP contribution in [0.5, 0.6) is 0 Å². The van der Waals surface area contributed by atoms with Crippen LogP contribution in [0, 0.1) is 6.92 Å². The molecule has 6 heteroatoms. The number of aromatic nitrogens is 2. The molecule has 0 radical (unpaired) electrons. The van der Waals surface area contributed by atoms with E-state index in [9.17, 15) is 4.79 Å². The first-order chi connectivity index (χ1) is 9.10. The van der Waals surface area contributed by atoms with Crippen molar-refractivity contribution < 1.29 is 4.79 Å². The van der Waals surface area contributed by atoms with Crippen LogP contribution >= 0.6 is 11.6 Å². The summed E-state index contributed by atoms with van der Waals surface area (Å²) in [6.45, 7) is 1.93. The second-order valence-corrected chi connectivity index (χ2v) is 4.40. The smallest absolute Gasteiger partial charge is 0.276 e. The van der Waals surface area contributed by atoms with Gasteiger partial charge < -0.3 is 10.6 Å². The van der Waals surface area contributed by atoms with Crippen LogP contribution in [0.25, 0.3) is 0 Å². The molecule has 0 saturated carbocycles. The van der Waals surface area contributed by atoms with Gasteiger partial charge in [0.05, 0.1) is 10.7 Å². The van der Waals surface area contributed by atoms with Gasteiger partial charge in [0.2, 0.25) is 0 Å². The van der Waals surface area contributed by atoms with E-state index < -0.39 is 0 Å². The summed E-state index contributed by atoms with van der Waals surface area (Å²) in [7, 11) is 1.73. The average Bonchev–Trinajstić information content (AvgIpc) is 2.42. The van der Waals surface area contributed by atoms with Crippen molar-refractivity contribution >= 4 is 29.0 Å². The maximum absolute atomic E-state index is 12.0. The number of halogens is 1. The highest BCUT2D eigenvalue weighted by Crippen LogP contribution is 2.23. The number of carbonyl (C=O) groups is 1. The molecule has 0 bridgehead atoms. The number of rotatable bonds is 3. The molecular formula is C13H13ClN4O. The minimum atomic E-state index is -0.346. The van der Waals surface area contributed by atoms with Crippen molar-refractivity contribution in [2.75, 3.05) is 17.7 Å². The second kappa shape index (κ2) is 5.67. The predicted molar refractivity (Wildman–Crippen MR) is 75.7 cm³/mol. The molecule has 1 heterocycles. The lowest BCUT2D eigenvalue weighted by atomic mass is 10.2. The van der Waals surface area contributed by atoms with Crippen LogP contribution in [0.1, 0.15) is 16.1 Å². The highest BCUT2D eigenvalue weighted by molar-refractivity contribution is 6.34. The number of hydrogen-bond acceptors (Lipinski definition) is 4. The molecule has 2 aromatic rings. The lowest BCUT2D eigenvalue weighted by Crippen LogP contribution is -2.14. The molecule has 2 N–H and O–H groups in total. The van der Waals surface area contributed by atoms with E-state index in [0.717, 1.165) is 5.56 Å². The average molecular weight is 277 g/mol. The van der Waals surface area contributed by atoms with E-state index in [1.165, 1.54) is 0 Å². The van der Waals surface area contributed by atoms with Gasteiger partial charge in [-0.1, -0.05) is 17.7 Å². The topological polar surface area (TPSA) is 66.9 Å². The van der Waals surface area contributed by atoms with Crippen molar-refractivity contribution in [3.8, 4) is 0 Å². The van der Waals surface area contributed by atoms with Crippen molar-refractivity contribution in [1.29, 1.82) is 0 Å². The number of carbonyl (C=O) groups excluding carboxylic acids is 1. The fraction of sp³-hybridized carbons (Fsp3) is 0.154. The Morgan fingerprint density at radius 3 is 2.58 bits per heavy atom. The summed E-state index contributed by atoms with van der Waals surface area (Å²) in [5.74, 6) is 0.255. The molecule has 98 valence electrons. The van der Waals surface area contributed by atoms with Gasteiger partial charge in [0, 0.05) is 7.05 Å². The van der Waals surface area contributed by atoms with Gasteiger partial charge in [0.15, 0.2) is 5.69 Å². The van der Waals surface area contributed by atoms with Crippen molar-refractivity contribution in [3.05, 3.63) is 46.6 Å². The summed E-state index contributed by atoms with van der Waals surface area (Å²) in [4.78, 5) is 12.0. The van der Waals surface area contributed by atoms with Gasteiger partial charge in [-0.25, -0.2) is 0 Å². The maximum atomic E-state index is 12.0. The highest BCUT2D eigenvalue weighted by atomic mass is 35.5. The molecule has 0 aliphatic rings. The summed E-state index contributed by atoms with van der Waals surface area (Å²) in [5, 5.41) is 13.7. The summed E-state index contributed by atoms with van der Waals surface area (Å²) < 4.78 is 0. The fourth-order valence-electron chi connectivity index (χ4n) is 1.49. The minimum absolute atomic E-state index is 0.232. The van der Waals surface area contributed by atoms with E-state index in [2.05, 4.69) is 20.8 Å². The third kappa shape index (κ3) is 3.20. The van der Waals surface area contributed by atoms with Crippen LogP contribution in [0.15, 0.2) is 30.3 Å². The molecule has 1 amide bonds. The SMILES string of the molecule is CNc1ccc(C(=O)Nc2ccc(C)cc2Cl)nn1. The fourth-order valence-corrected chi connectivity index (χ4v) is 1.78. The van der Waals surface area contributed by atoms with Crippen molar-refractivity contribution in [3.63, 3.8) is 0 Å². The van der Waals surface area contributed by atoms with Gasteiger partial charge in [0.1, 0.15) is 5.82 Å². The maximum Gasteiger partial charge on any atom is 0.276 e. The third-order valence-electron chi connectivity index (χ3n) is 2.53. The van der Waals surface area contributed by atoms with E-state index in [-0.39, 0.29) is 11.6 Å². The highest BCUT2D eigenvalue weighted by Gasteiger charge is 2.10. The Hall–Kier alpha value is -2.14. The molecule has 0 aliphatic carbocycles. The first kappa shape index (κ1) is 13.3. The Morgan fingerprint density at radius 1 is 1.21 bits per heavy atom. The van der Waals surface area contributed by atoms with E-state index in [4.69, 9.17) is 11.6 Å². The summed E-state index contributed by atoms with van der Waals surface area (Å²) >= 11 is 6.05. The first-order valence-electron chi connectivity index (χ1n) is 5.69. The third-order valence-corrected chi connectivity index (χ3v) is 2.84. The molecule has 2 rings (SSSR count). The number of aryl methyl sites for hydroxylation is 1. The molecule has 0 aliphatic heterocycles. The number of nitrogens with zero attached hydrogens (tertiary/aromatic N) is 2. The van der Waals surface area contributed by atoms with Gasteiger partial charge in [-0.05, 0) is 36.8 Å². The van der Waals surface area contributed by atoms with Crippen LogP contribution in [0.2, 0.25) is 5.02 Å². The van der Waals surface area contributed by atoms with Crippen molar-refractivity contribution in [2.45, 2.75) is 6.92 Å². The Bertz CT molecular complexity index is 598. The number of benzene rings is 1. The molecule has 1 aromatic carbocycles. The van der Waals surface area contributed by atoms with Gasteiger partial charge in [-0.3, -0.25) is 4.79 Å². The van der Waals surface area contributed by atoms with E-state index in [1.807, 2.05) is 13.0 Å². The van der Waals surface area contributed by atoms with Gasteiger partial charge in [-0.2, -0.15) is 0 Å².